The van der Waals surface area contributed by atoms with Crippen LogP contribution in [0.1, 0.15) is 33.7 Å². The van der Waals surface area contributed by atoms with Crippen molar-refractivity contribution in [1.82, 2.24) is 24.8 Å². The van der Waals surface area contributed by atoms with E-state index in [1.807, 2.05) is 20.8 Å². The topological polar surface area (TPSA) is 108 Å². The maximum atomic E-state index is 12.3. The van der Waals surface area contributed by atoms with Gasteiger partial charge in [0.2, 0.25) is 17.7 Å². The molecule has 0 aliphatic heterocycles. The van der Waals surface area contributed by atoms with Crippen LogP contribution >= 0.6 is 0 Å². The second-order valence-electron chi connectivity index (χ2n) is 5.81. The molecule has 1 atom stereocenters. The van der Waals surface area contributed by atoms with E-state index in [-0.39, 0.29) is 17.4 Å². The van der Waals surface area contributed by atoms with Gasteiger partial charge in [0.05, 0.1) is 7.11 Å². The molecule has 0 saturated heterocycles. The van der Waals surface area contributed by atoms with Crippen LogP contribution in [-0.2, 0) is 4.79 Å². The number of nitrogen functional groups attached to an aromatic ring is 1. The predicted molar refractivity (Wildman–Crippen MR) is 78.9 cm³/mol. The van der Waals surface area contributed by atoms with Crippen molar-refractivity contribution in [2.45, 2.75) is 39.3 Å². The first-order valence-corrected chi connectivity index (χ1v) is 6.59. The van der Waals surface area contributed by atoms with Gasteiger partial charge in [-0.3, -0.25) is 9.36 Å². The van der Waals surface area contributed by atoms with Gasteiger partial charge in [0.15, 0.2) is 11.2 Å². The van der Waals surface area contributed by atoms with E-state index < -0.39 is 6.04 Å². The number of carbonyl (C=O) groups excluding carboxylic acids is 1. The lowest BCUT2D eigenvalue weighted by Crippen LogP contribution is -2.43. The van der Waals surface area contributed by atoms with Crippen LogP contribution in [0.15, 0.2) is 6.33 Å². The minimum absolute atomic E-state index is 0.161. The Balaban J connectivity index is 2.47. The molecule has 0 spiro atoms. The molecular formula is C13H20N6O2. The molecule has 114 valence electrons. The maximum absolute atomic E-state index is 12.3. The Bertz CT molecular complexity index is 673. The van der Waals surface area contributed by atoms with Gasteiger partial charge in [-0.15, -0.1) is 0 Å². The summed E-state index contributed by atoms with van der Waals surface area (Å²) in [4.78, 5) is 24.7. The number of anilines is 1. The highest BCUT2D eigenvalue weighted by atomic mass is 16.5. The zero-order valence-electron chi connectivity index (χ0n) is 12.8. The van der Waals surface area contributed by atoms with Crippen LogP contribution in [-0.4, -0.2) is 38.1 Å². The summed E-state index contributed by atoms with van der Waals surface area (Å²) >= 11 is 0. The number of rotatable bonds is 3. The fourth-order valence-corrected chi connectivity index (χ4v) is 2.03. The van der Waals surface area contributed by atoms with Crippen molar-refractivity contribution in [3.05, 3.63) is 6.33 Å². The van der Waals surface area contributed by atoms with Crippen LogP contribution in [0.5, 0.6) is 5.88 Å². The molecule has 2 aromatic rings. The molecule has 0 bridgehead atoms. The van der Waals surface area contributed by atoms with E-state index >= 15 is 0 Å². The van der Waals surface area contributed by atoms with Gasteiger partial charge in [-0.25, -0.2) is 9.97 Å². The van der Waals surface area contributed by atoms with Crippen molar-refractivity contribution in [3.63, 3.8) is 0 Å². The Hall–Kier alpha value is -2.38. The third-order valence-electron chi connectivity index (χ3n) is 2.93. The molecule has 21 heavy (non-hydrogen) atoms. The van der Waals surface area contributed by atoms with E-state index in [0.29, 0.717) is 17.0 Å². The maximum Gasteiger partial charge on any atom is 0.245 e. The van der Waals surface area contributed by atoms with E-state index in [1.165, 1.54) is 13.4 Å². The van der Waals surface area contributed by atoms with Gasteiger partial charge in [0, 0.05) is 5.54 Å². The van der Waals surface area contributed by atoms with Crippen LogP contribution in [0.3, 0.4) is 0 Å². The van der Waals surface area contributed by atoms with Crippen molar-refractivity contribution in [2.75, 3.05) is 12.8 Å². The smallest absolute Gasteiger partial charge is 0.245 e. The van der Waals surface area contributed by atoms with Crippen LogP contribution in [0.25, 0.3) is 11.2 Å². The Morgan fingerprint density at radius 3 is 2.67 bits per heavy atom. The van der Waals surface area contributed by atoms with Crippen LogP contribution < -0.4 is 15.8 Å². The molecule has 0 saturated carbocycles. The van der Waals surface area contributed by atoms with E-state index in [4.69, 9.17) is 10.5 Å². The van der Waals surface area contributed by atoms with E-state index in [1.54, 1.807) is 11.5 Å². The first-order valence-electron chi connectivity index (χ1n) is 6.59. The monoisotopic (exact) mass is 292 g/mol. The molecule has 0 aliphatic carbocycles. The van der Waals surface area contributed by atoms with E-state index in [2.05, 4.69) is 20.3 Å². The number of imidazole rings is 1. The number of nitrogens with two attached hydrogens (primary N) is 1. The van der Waals surface area contributed by atoms with Gasteiger partial charge >= 0.3 is 0 Å². The lowest BCUT2D eigenvalue weighted by molar-refractivity contribution is -0.125. The minimum Gasteiger partial charge on any atom is -0.479 e. The number of methoxy groups -OCH3 is 1. The first-order chi connectivity index (χ1) is 9.74. The van der Waals surface area contributed by atoms with Gasteiger partial charge < -0.3 is 15.8 Å². The summed E-state index contributed by atoms with van der Waals surface area (Å²) in [6.45, 7) is 7.49. The molecule has 2 heterocycles. The van der Waals surface area contributed by atoms with Crippen molar-refractivity contribution < 1.29 is 9.53 Å². The average Bonchev–Trinajstić information content (AvgIpc) is 2.71. The van der Waals surface area contributed by atoms with Gasteiger partial charge in [0.25, 0.3) is 0 Å². The zero-order valence-corrected chi connectivity index (χ0v) is 12.8. The molecule has 2 aromatic heterocycles. The quantitative estimate of drug-likeness (QED) is 0.870. The van der Waals surface area contributed by atoms with Crippen molar-refractivity contribution >= 4 is 23.0 Å². The molecule has 1 amide bonds. The van der Waals surface area contributed by atoms with Crippen molar-refractivity contribution in [1.29, 1.82) is 0 Å². The average molecular weight is 292 g/mol. The lowest BCUT2D eigenvalue weighted by atomic mass is 10.1. The minimum atomic E-state index is -0.547. The summed E-state index contributed by atoms with van der Waals surface area (Å²) in [5.74, 6) is 0.361. The SMILES string of the molecule is COc1ncnc2c1nc(N)n2C(C)C(=O)NC(C)(C)C. The summed E-state index contributed by atoms with van der Waals surface area (Å²) in [5, 5.41) is 2.91. The number of nitrogens with zero attached hydrogens (tertiary/aromatic N) is 4. The van der Waals surface area contributed by atoms with Crippen molar-refractivity contribution in [3.8, 4) is 5.88 Å². The summed E-state index contributed by atoms with van der Waals surface area (Å²) in [6, 6.07) is -0.547. The Labute approximate surface area is 122 Å². The summed E-state index contributed by atoms with van der Waals surface area (Å²) in [5.41, 5.74) is 6.50. The summed E-state index contributed by atoms with van der Waals surface area (Å²) < 4.78 is 6.70. The zero-order chi connectivity index (χ0) is 15.8. The molecule has 8 heteroatoms. The number of carbonyl (C=O) groups is 1. The number of hydrogen-bond donors (Lipinski definition) is 2. The van der Waals surface area contributed by atoms with Gasteiger partial charge in [0.1, 0.15) is 12.4 Å². The Morgan fingerprint density at radius 2 is 2.10 bits per heavy atom. The molecule has 1 unspecified atom stereocenters. The van der Waals surface area contributed by atoms with Gasteiger partial charge in [-0.2, -0.15) is 4.98 Å². The summed E-state index contributed by atoms with van der Waals surface area (Å²) in [6.07, 6.45) is 1.35. The predicted octanol–water partition coefficient (Wildman–Crippen LogP) is 0.893. The third-order valence-corrected chi connectivity index (χ3v) is 2.93. The van der Waals surface area contributed by atoms with Gasteiger partial charge in [-0.05, 0) is 27.7 Å². The van der Waals surface area contributed by atoms with Crippen LogP contribution in [0.2, 0.25) is 0 Å². The largest absolute Gasteiger partial charge is 0.479 e. The fourth-order valence-electron chi connectivity index (χ4n) is 2.03. The molecule has 0 aliphatic rings. The van der Waals surface area contributed by atoms with Crippen LogP contribution in [0, 0.1) is 0 Å². The molecule has 0 aromatic carbocycles. The van der Waals surface area contributed by atoms with Crippen molar-refractivity contribution in [2.24, 2.45) is 0 Å². The Morgan fingerprint density at radius 1 is 1.43 bits per heavy atom. The number of fused-ring (bicyclic) bond motifs is 1. The molecular weight excluding hydrogens is 272 g/mol. The molecule has 0 fully saturated rings. The molecule has 2 rings (SSSR count). The second-order valence-corrected chi connectivity index (χ2v) is 5.81. The van der Waals surface area contributed by atoms with E-state index in [9.17, 15) is 4.79 Å². The summed E-state index contributed by atoms with van der Waals surface area (Å²) in [7, 11) is 1.49. The number of amides is 1. The highest BCUT2D eigenvalue weighted by Crippen LogP contribution is 2.26. The number of aromatic nitrogens is 4. The third kappa shape index (κ3) is 2.88. The highest BCUT2D eigenvalue weighted by Gasteiger charge is 2.25. The standard InChI is InChI=1S/C13H20N6O2/c1-7(10(20)18-13(2,3)4)19-9-8(17-12(19)14)11(21-5)16-6-15-9/h6-7H,1-5H3,(H2,14,17)(H,18,20). The Kier molecular flexibility index (Phi) is 3.71. The number of nitrogens with one attached hydrogen (secondary N) is 1. The number of ether oxygens (including phenoxy) is 1. The molecule has 0 radical (unpaired) electrons. The highest BCUT2D eigenvalue weighted by molar-refractivity contribution is 5.85. The second kappa shape index (κ2) is 5.19. The van der Waals surface area contributed by atoms with Crippen LogP contribution in [0.4, 0.5) is 5.95 Å². The lowest BCUT2D eigenvalue weighted by Gasteiger charge is -2.24. The first kappa shape index (κ1) is 15.0. The molecule has 3 N–H and O–H groups in total. The van der Waals surface area contributed by atoms with E-state index in [0.717, 1.165) is 0 Å². The molecule has 8 nitrogen and oxygen atoms in total. The number of hydrogen-bond acceptors (Lipinski definition) is 6. The normalized spacial score (nSPS) is 13.2. The van der Waals surface area contributed by atoms with Gasteiger partial charge in [-0.1, -0.05) is 0 Å². The fraction of sp³-hybridized carbons (Fsp3) is 0.538.